The predicted octanol–water partition coefficient (Wildman–Crippen LogP) is 2.90. The zero-order chi connectivity index (χ0) is 17.8. The van der Waals surface area contributed by atoms with Crippen molar-refractivity contribution in [2.45, 2.75) is 52.0 Å². The zero-order valence-corrected chi connectivity index (χ0v) is 14.8. The van der Waals surface area contributed by atoms with Crippen LogP contribution < -0.4 is 5.73 Å². The van der Waals surface area contributed by atoms with E-state index in [0.29, 0.717) is 26.1 Å². The highest BCUT2D eigenvalue weighted by atomic mass is 16.7. The normalized spacial score (nSPS) is 18.0. The molecule has 0 bridgehead atoms. The lowest BCUT2D eigenvalue weighted by Crippen LogP contribution is -2.44. The number of benzene rings is 1. The van der Waals surface area contributed by atoms with E-state index in [1.165, 1.54) is 0 Å². The maximum absolute atomic E-state index is 12.0. The smallest absolute Gasteiger partial charge is 0.330 e. The van der Waals surface area contributed by atoms with E-state index in [0.717, 1.165) is 24.0 Å². The summed E-state index contributed by atoms with van der Waals surface area (Å²) in [5.41, 5.74) is 7.28. The van der Waals surface area contributed by atoms with Gasteiger partial charge < -0.3 is 10.6 Å². The van der Waals surface area contributed by atoms with Crippen molar-refractivity contribution in [2.75, 3.05) is 13.1 Å². The maximum atomic E-state index is 12.0. The van der Waals surface area contributed by atoms with Gasteiger partial charge in [0.2, 0.25) is 0 Å². The van der Waals surface area contributed by atoms with Crippen LogP contribution in [0.1, 0.15) is 51.2 Å². The van der Waals surface area contributed by atoms with Gasteiger partial charge in [0.05, 0.1) is 11.5 Å². The molecule has 1 aliphatic rings. The number of carbonyl (C=O) groups excluding carboxylic acids is 1. The fraction of sp³-hybridized carbons (Fsp3) is 0.579. The highest BCUT2D eigenvalue weighted by molar-refractivity contribution is 5.75. The summed E-state index contributed by atoms with van der Waals surface area (Å²) < 4.78 is 0. The summed E-state index contributed by atoms with van der Waals surface area (Å²) >= 11 is 0. The number of hydrogen-bond donors (Lipinski definition) is 1. The highest BCUT2D eigenvalue weighted by Crippen LogP contribution is 2.39. The molecule has 1 aromatic rings. The van der Waals surface area contributed by atoms with Crippen molar-refractivity contribution >= 4 is 5.97 Å². The number of carbonyl (C=O) groups is 1. The molecule has 1 saturated heterocycles. The summed E-state index contributed by atoms with van der Waals surface area (Å²) in [5, 5.41) is 11.0. The summed E-state index contributed by atoms with van der Waals surface area (Å²) in [4.78, 5) is 17.5. The average molecular weight is 329 g/mol. The quantitative estimate of drug-likeness (QED) is 0.919. The molecule has 0 spiro atoms. The van der Waals surface area contributed by atoms with Crippen LogP contribution in [-0.2, 0) is 21.6 Å². The van der Waals surface area contributed by atoms with E-state index < -0.39 is 5.41 Å². The van der Waals surface area contributed by atoms with Gasteiger partial charge in [0.25, 0.3) is 0 Å². The Balaban J connectivity index is 2.12. The maximum Gasteiger partial charge on any atom is 0.330 e. The SMILES string of the molecule is CC(C)(C)C(=O)ON1CCC(CC#N)(c2cccc(CN)c2)CC1. The van der Waals surface area contributed by atoms with Crippen molar-refractivity contribution in [3.63, 3.8) is 0 Å². The van der Waals surface area contributed by atoms with Crippen LogP contribution in [0.2, 0.25) is 0 Å². The Labute approximate surface area is 144 Å². The minimum Gasteiger partial charge on any atom is -0.367 e. The van der Waals surface area contributed by atoms with Gasteiger partial charge in [0.1, 0.15) is 0 Å². The number of nitrogens with zero attached hydrogens (tertiary/aromatic N) is 2. The van der Waals surface area contributed by atoms with E-state index in [4.69, 9.17) is 10.6 Å². The summed E-state index contributed by atoms with van der Waals surface area (Å²) in [6.45, 7) is 7.30. The molecule has 0 saturated carbocycles. The molecule has 0 amide bonds. The van der Waals surface area contributed by atoms with Crippen LogP contribution in [-0.4, -0.2) is 24.1 Å². The topological polar surface area (TPSA) is 79.3 Å². The van der Waals surface area contributed by atoms with Crippen molar-refractivity contribution in [3.8, 4) is 6.07 Å². The Bertz CT molecular complexity index is 620. The molecule has 1 aromatic carbocycles. The minimum absolute atomic E-state index is 0.190. The lowest BCUT2D eigenvalue weighted by molar-refractivity contribution is -0.207. The first-order valence-corrected chi connectivity index (χ1v) is 8.44. The molecule has 1 aliphatic heterocycles. The molecule has 0 atom stereocenters. The van der Waals surface area contributed by atoms with Gasteiger partial charge in [-0.25, -0.2) is 4.79 Å². The largest absolute Gasteiger partial charge is 0.367 e. The van der Waals surface area contributed by atoms with E-state index in [-0.39, 0.29) is 11.4 Å². The molecule has 0 radical (unpaired) electrons. The van der Waals surface area contributed by atoms with E-state index >= 15 is 0 Å². The van der Waals surface area contributed by atoms with E-state index in [1.54, 1.807) is 5.06 Å². The number of hydroxylamine groups is 2. The Morgan fingerprint density at radius 3 is 2.58 bits per heavy atom. The van der Waals surface area contributed by atoms with Gasteiger partial charge >= 0.3 is 5.97 Å². The Kier molecular flexibility index (Phi) is 5.63. The second-order valence-corrected chi connectivity index (χ2v) is 7.58. The van der Waals surface area contributed by atoms with Crippen molar-refractivity contribution in [3.05, 3.63) is 35.4 Å². The number of nitriles is 1. The second-order valence-electron chi connectivity index (χ2n) is 7.58. The molecule has 1 fully saturated rings. The first-order chi connectivity index (χ1) is 11.3. The first kappa shape index (κ1) is 18.4. The summed E-state index contributed by atoms with van der Waals surface area (Å²) in [6.07, 6.45) is 2.03. The third-order valence-electron chi connectivity index (χ3n) is 4.70. The molecule has 0 unspecified atom stereocenters. The predicted molar refractivity (Wildman–Crippen MR) is 92.6 cm³/mol. The zero-order valence-electron chi connectivity index (χ0n) is 14.8. The molecule has 130 valence electrons. The molecule has 0 aliphatic carbocycles. The lowest BCUT2D eigenvalue weighted by atomic mass is 9.71. The third kappa shape index (κ3) is 4.14. The van der Waals surface area contributed by atoms with Crippen LogP contribution >= 0.6 is 0 Å². The number of hydrogen-bond acceptors (Lipinski definition) is 5. The molecule has 1 heterocycles. The van der Waals surface area contributed by atoms with E-state index in [2.05, 4.69) is 18.2 Å². The number of rotatable bonds is 4. The molecule has 2 rings (SSSR count). The molecule has 5 heteroatoms. The van der Waals surface area contributed by atoms with Gasteiger partial charge in [-0.3, -0.25) is 0 Å². The Hall–Kier alpha value is -1.90. The molecule has 5 nitrogen and oxygen atoms in total. The highest BCUT2D eigenvalue weighted by Gasteiger charge is 2.38. The van der Waals surface area contributed by atoms with Crippen LogP contribution in [0.3, 0.4) is 0 Å². The Morgan fingerprint density at radius 1 is 1.38 bits per heavy atom. The van der Waals surface area contributed by atoms with Gasteiger partial charge in [-0.15, -0.1) is 5.06 Å². The summed E-state index contributed by atoms with van der Waals surface area (Å²) in [6, 6.07) is 10.5. The van der Waals surface area contributed by atoms with Crippen molar-refractivity contribution < 1.29 is 9.63 Å². The van der Waals surface area contributed by atoms with Gasteiger partial charge in [0, 0.05) is 31.5 Å². The van der Waals surface area contributed by atoms with Crippen LogP contribution in [0.5, 0.6) is 0 Å². The standard InChI is InChI=1S/C19H27N3O2/c1-18(2,3)17(23)24-22-11-8-19(7-10-20,9-12-22)16-6-4-5-15(13-16)14-21/h4-6,13H,7-9,11-12,14,21H2,1-3H3. The van der Waals surface area contributed by atoms with Crippen LogP contribution in [0, 0.1) is 16.7 Å². The van der Waals surface area contributed by atoms with Crippen molar-refractivity contribution in [2.24, 2.45) is 11.1 Å². The number of piperidine rings is 1. The van der Waals surface area contributed by atoms with Gasteiger partial charge in [0.15, 0.2) is 0 Å². The van der Waals surface area contributed by atoms with Crippen molar-refractivity contribution in [1.29, 1.82) is 5.26 Å². The van der Waals surface area contributed by atoms with Gasteiger partial charge in [-0.05, 0) is 44.7 Å². The molecular formula is C19H27N3O2. The van der Waals surface area contributed by atoms with E-state index in [9.17, 15) is 10.1 Å². The minimum atomic E-state index is -0.517. The van der Waals surface area contributed by atoms with Crippen molar-refractivity contribution in [1.82, 2.24) is 5.06 Å². The third-order valence-corrected chi connectivity index (χ3v) is 4.70. The second kappa shape index (κ2) is 7.33. The molecule has 24 heavy (non-hydrogen) atoms. The number of nitrogens with two attached hydrogens (primary N) is 1. The fourth-order valence-electron chi connectivity index (χ4n) is 3.01. The average Bonchev–Trinajstić information content (AvgIpc) is 2.56. The fourth-order valence-corrected chi connectivity index (χ4v) is 3.01. The Morgan fingerprint density at radius 2 is 2.04 bits per heavy atom. The molecule has 2 N–H and O–H groups in total. The monoisotopic (exact) mass is 329 g/mol. The van der Waals surface area contributed by atoms with Crippen LogP contribution in [0.25, 0.3) is 0 Å². The summed E-state index contributed by atoms with van der Waals surface area (Å²) in [5.74, 6) is -0.222. The summed E-state index contributed by atoms with van der Waals surface area (Å²) in [7, 11) is 0. The lowest BCUT2D eigenvalue weighted by Gasteiger charge is -2.40. The van der Waals surface area contributed by atoms with Crippen LogP contribution in [0.4, 0.5) is 0 Å². The van der Waals surface area contributed by atoms with Crippen LogP contribution in [0.15, 0.2) is 24.3 Å². The van der Waals surface area contributed by atoms with E-state index in [1.807, 2.05) is 32.9 Å². The first-order valence-electron chi connectivity index (χ1n) is 8.44. The molecule has 0 aromatic heterocycles. The molecular weight excluding hydrogens is 302 g/mol. The van der Waals surface area contributed by atoms with Gasteiger partial charge in [-0.2, -0.15) is 5.26 Å². The van der Waals surface area contributed by atoms with Gasteiger partial charge in [-0.1, -0.05) is 24.3 Å².